The third-order valence-corrected chi connectivity index (χ3v) is 1.45. The summed E-state index contributed by atoms with van der Waals surface area (Å²) in [6.45, 7) is 4.89. The van der Waals surface area contributed by atoms with Crippen molar-refractivity contribution in [2.24, 2.45) is 0 Å². The maximum atomic E-state index is 11.0. The highest BCUT2D eigenvalue weighted by Crippen LogP contribution is 2.13. The number of rotatable bonds is 1. The third-order valence-electron chi connectivity index (χ3n) is 1.23. The Morgan fingerprint density at radius 1 is 1.42 bits per heavy atom. The van der Waals surface area contributed by atoms with E-state index >= 15 is 0 Å². The molecule has 0 aromatic heterocycles. The number of carboxylic acid groups (broad SMARTS) is 1. The summed E-state index contributed by atoms with van der Waals surface area (Å²) >= 11 is 5.24. The summed E-state index contributed by atoms with van der Waals surface area (Å²) in [5.74, 6) is -0.916. The summed E-state index contributed by atoms with van der Waals surface area (Å²) in [5.41, 5.74) is -0.738. The normalized spacial score (nSPS) is 11.0. The molecule has 4 nitrogen and oxygen atoms in total. The van der Waals surface area contributed by atoms with E-state index in [4.69, 9.17) is 16.7 Å². The molecule has 0 radical (unpaired) electrons. The van der Waals surface area contributed by atoms with E-state index in [9.17, 15) is 9.59 Å². The van der Waals surface area contributed by atoms with Gasteiger partial charge in [0.15, 0.2) is 0 Å². The van der Waals surface area contributed by atoms with Crippen LogP contribution in [0.25, 0.3) is 0 Å². The quantitative estimate of drug-likeness (QED) is 0.643. The van der Waals surface area contributed by atoms with Crippen LogP contribution in [0.5, 0.6) is 0 Å². The van der Waals surface area contributed by atoms with Gasteiger partial charge in [0.05, 0.1) is 0 Å². The molecule has 0 aliphatic heterocycles. The van der Waals surface area contributed by atoms with Crippen molar-refractivity contribution in [2.45, 2.75) is 26.3 Å². The van der Waals surface area contributed by atoms with Gasteiger partial charge in [0.1, 0.15) is 5.88 Å². The van der Waals surface area contributed by atoms with Crippen LogP contribution in [0.2, 0.25) is 0 Å². The van der Waals surface area contributed by atoms with Crippen LogP contribution in [0.4, 0.5) is 4.79 Å². The largest absolute Gasteiger partial charge is 0.465 e. The van der Waals surface area contributed by atoms with Gasteiger partial charge in [0, 0.05) is 5.54 Å². The van der Waals surface area contributed by atoms with Crippen LogP contribution in [-0.2, 0) is 4.79 Å². The van der Waals surface area contributed by atoms with Crippen LogP contribution < -0.4 is 0 Å². The van der Waals surface area contributed by atoms with Gasteiger partial charge in [0.2, 0.25) is 5.91 Å². The summed E-state index contributed by atoms with van der Waals surface area (Å²) in [4.78, 5) is 22.3. The zero-order valence-electron chi connectivity index (χ0n) is 7.30. The fourth-order valence-corrected chi connectivity index (χ4v) is 0.947. The summed E-state index contributed by atoms with van der Waals surface area (Å²) in [5, 5.41) is 8.66. The van der Waals surface area contributed by atoms with Crippen LogP contribution in [-0.4, -0.2) is 33.4 Å². The molecule has 0 aliphatic rings. The minimum absolute atomic E-state index is 0.316. The van der Waals surface area contributed by atoms with Crippen molar-refractivity contribution >= 4 is 23.6 Å². The van der Waals surface area contributed by atoms with Gasteiger partial charge in [-0.05, 0) is 20.8 Å². The average molecular weight is 194 g/mol. The van der Waals surface area contributed by atoms with Gasteiger partial charge in [-0.1, -0.05) is 0 Å². The number of hydrogen-bond donors (Lipinski definition) is 1. The van der Waals surface area contributed by atoms with Crippen LogP contribution >= 0.6 is 11.6 Å². The maximum Gasteiger partial charge on any atom is 0.414 e. The lowest BCUT2D eigenvalue weighted by atomic mass is 10.1. The summed E-state index contributed by atoms with van der Waals surface area (Å²) in [7, 11) is 0. The number of alkyl halides is 1. The Hall–Kier alpha value is -0.770. The number of hydrogen-bond acceptors (Lipinski definition) is 2. The Kier molecular flexibility index (Phi) is 3.52. The van der Waals surface area contributed by atoms with Gasteiger partial charge < -0.3 is 5.11 Å². The second kappa shape index (κ2) is 3.76. The lowest BCUT2D eigenvalue weighted by Gasteiger charge is -2.30. The van der Waals surface area contributed by atoms with E-state index in [1.54, 1.807) is 20.8 Å². The van der Waals surface area contributed by atoms with Gasteiger partial charge in [0.25, 0.3) is 0 Å². The van der Waals surface area contributed by atoms with Gasteiger partial charge in [-0.3, -0.25) is 4.79 Å². The van der Waals surface area contributed by atoms with E-state index in [1.807, 2.05) is 0 Å². The number of nitrogens with zero attached hydrogens (tertiary/aromatic N) is 1. The van der Waals surface area contributed by atoms with Crippen molar-refractivity contribution in [1.29, 1.82) is 0 Å². The van der Waals surface area contributed by atoms with Crippen molar-refractivity contribution in [2.75, 3.05) is 5.88 Å². The first kappa shape index (κ1) is 11.2. The molecular formula is C7H12ClNO3. The molecule has 0 aliphatic carbocycles. The van der Waals surface area contributed by atoms with Crippen molar-refractivity contribution in [1.82, 2.24) is 4.90 Å². The SMILES string of the molecule is CC(C)(C)N(C(=O)O)C(=O)CCl. The predicted molar refractivity (Wildman–Crippen MR) is 45.3 cm³/mol. The Morgan fingerprint density at radius 3 is 1.92 bits per heavy atom. The smallest absolute Gasteiger partial charge is 0.414 e. The molecule has 0 fully saturated rings. The maximum absolute atomic E-state index is 11.0. The Balaban J connectivity index is 4.68. The van der Waals surface area contributed by atoms with E-state index in [-0.39, 0.29) is 5.88 Å². The van der Waals surface area contributed by atoms with Crippen LogP contribution in [0.15, 0.2) is 0 Å². The monoisotopic (exact) mass is 193 g/mol. The summed E-state index contributed by atoms with van der Waals surface area (Å²) in [6, 6.07) is 0. The molecule has 1 N–H and O–H groups in total. The van der Waals surface area contributed by atoms with E-state index in [1.165, 1.54) is 0 Å². The molecule has 12 heavy (non-hydrogen) atoms. The molecule has 2 amide bonds. The fourth-order valence-electron chi connectivity index (χ4n) is 0.827. The van der Waals surface area contributed by atoms with Crippen molar-refractivity contribution in [3.05, 3.63) is 0 Å². The molecule has 0 bridgehead atoms. The van der Waals surface area contributed by atoms with Crippen molar-refractivity contribution < 1.29 is 14.7 Å². The van der Waals surface area contributed by atoms with Crippen molar-refractivity contribution in [3.63, 3.8) is 0 Å². The highest BCUT2D eigenvalue weighted by atomic mass is 35.5. The molecule has 0 saturated carbocycles. The van der Waals surface area contributed by atoms with Gasteiger partial charge >= 0.3 is 6.09 Å². The molecule has 5 heteroatoms. The van der Waals surface area contributed by atoms with Gasteiger partial charge in [-0.2, -0.15) is 0 Å². The Bertz CT molecular complexity index is 197. The first-order valence-corrected chi connectivity index (χ1v) is 3.96. The van der Waals surface area contributed by atoms with E-state index in [0.717, 1.165) is 4.90 Å². The molecular weight excluding hydrogens is 182 g/mol. The van der Waals surface area contributed by atoms with E-state index in [2.05, 4.69) is 0 Å². The van der Waals surface area contributed by atoms with E-state index in [0.29, 0.717) is 0 Å². The lowest BCUT2D eigenvalue weighted by molar-refractivity contribution is -0.130. The summed E-state index contributed by atoms with van der Waals surface area (Å²) < 4.78 is 0. The Labute approximate surface area is 76.1 Å². The number of halogens is 1. The van der Waals surface area contributed by atoms with Gasteiger partial charge in [-0.25, -0.2) is 9.69 Å². The number of amides is 2. The zero-order chi connectivity index (χ0) is 9.94. The molecule has 0 spiro atoms. The van der Waals surface area contributed by atoms with Crippen LogP contribution in [0.3, 0.4) is 0 Å². The minimum atomic E-state index is -1.27. The number of carbonyl (C=O) groups excluding carboxylic acids is 1. The second-order valence-electron chi connectivity index (χ2n) is 3.32. The average Bonchev–Trinajstić information content (AvgIpc) is 1.83. The van der Waals surface area contributed by atoms with Crippen LogP contribution in [0.1, 0.15) is 20.8 Å². The molecule has 0 saturated heterocycles. The third kappa shape index (κ3) is 2.70. The summed E-state index contributed by atoms with van der Waals surface area (Å²) in [6.07, 6.45) is -1.27. The first-order chi connectivity index (χ1) is 5.30. The topological polar surface area (TPSA) is 57.6 Å². The number of carbonyl (C=O) groups is 2. The molecule has 0 unspecified atom stereocenters. The second-order valence-corrected chi connectivity index (χ2v) is 3.58. The highest BCUT2D eigenvalue weighted by molar-refractivity contribution is 6.28. The zero-order valence-corrected chi connectivity index (χ0v) is 8.05. The molecule has 0 heterocycles. The minimum Gasteiger partial charge on any atom is -0.465 e. The molecule has 0 aromatic carbocycles. The fraction of sp³-hybridized carbons (Fsp3) is 0.714. The molecule has 0 atom stereocenters. The highest BCUT2D eigenvalue weighted by Gasteiger charge is 2.31. The standard InChI is InChI=1S/C7H12ClNO3/c1-7(2,3)9(6(11)12)5(10)4-8/h4H2,1-3H3,(H,11,12). The molecule has 70 valence electrons. The molecule has 0 rings (SSSR count). The van der Waals surface area contributed by atoms with Gasteiger partial charge in [-0.15, -0.1) is 11.6 Å². The predicted octanol–water partition coefficient (Wildman–Crippen LogP) is 1.53. The van der Waals surface area contributed by atoms with Crippen molar-refractivity contribution in [3.8, 4) is 0 Å². The van der Waals surface area contributed by atoms with E-state index < -0.39 is 17.5 Å². The van der Waals surface area contributed by atoms with Crippen LogP contribution in [0, 0.1) is 0 Å². The lowest BCUT2D eigenvalue weighted by Crippen LogP contribution is -2.49. The first-order valence-electron chi connectivity index (χ1n) is 3.42. The molecule has 0 aromatic rings. The Morgan fingerprint density at radius 2 is 1.83 bits per heavy atom. The number of imide groups is 1.